The van der Waals surface area contributed by atoms with Crippen molar-refractivity contribution < 1.29 is 35.9 Å². The molecule has 2 aliphatic rings. The lowest BCUT2D eigenvalue weighted by Gasteiger charge is -2.38. The number of alkyl halides is 3. The van der Waals surface area contributed by atoms with Gasteiger partial charge in [-0.2, -0.15) is 13.2 Å². The number of carbonyl (C=O) groups is 2. The predicted octanol–water partition coefficient (Wildman–Crippen LogP) is 4.06. The molecule has 0 aromatic heterocycles. The summed E-state index contributed by atoms with van der Waals surface area (Å²) in [5, 5.41) is 0. The zero-order chi connectivity index (χ0) is 29.4. The van der Waals surface area contributed by atoms with Crippen LogP contribution in [0.2, 0.25) is 0 Å². The van der Waals surface area contributed by atoms with Crippen LogP contribution >= 0.6 is 0 Å². The average Bonchev–Trinajstić information content (AvgIpc) is 3.34. The highest BCUT2D eigenvalue weighted by Gasteiger charge is 2.49. The molecule has 0 unspecified atom stereocenters. The molecule has 2 saturated heterocycles. The molecule has 0 spiro atoms. The van der Waals surface area contributed by atoms with Crippen LogP contribution in [-0.4, -0.2) is 75.4 Å². The first-order valence-electron chi connectivity index (χ1n) is 12.8. The van der Waals surface area contributed by atoms with Gasteiger partial charge >= 0.3 is 12.2 Å². The number of hydrogen-bond acceptors (Lipinski definition) is 6. The van der Waals surface area contributed by atoms with Gasteiger partial charge in [0.25, 0.3) is 10.0 Å². The fourth-order valence-electron chi connectivity index (χ4n) is 5.00. The Bertz CT molecular complexity index is 1540. The third kappa shape index (κ3) is 5.53. The number of ether oxygens (including phenoxy) is 1. The molecule has 9 nitrogen and oxygen atoms in total. The standard InChI is InChI=1S/C28H27F3N4O5S/c1-40-23-11-6-12-24(18-23)41(38,39)34-19-25(35(27(34)37)21-8-3-2-4-9-21)26(36)33-15-13-32(14-16-33)22-10-5-7-20(17-22)28(29,30)31/h2-12,17-18,25H,13-16,19H2,1H3/t25-/m0/s1. The lowest BCUT2D eigenvalue weighted by Crippen LogP contribution is -2.54. The number of hydrogen-bond donors (Lipinski definition) is 0. The highest BCUT2D eigenvalue weighted by Crippen LogP contribution is 2.33. The third-order valence-electron chi connectivity index (χ3n) is 7.15. The van der Waals surface area contributed by atoms with Crippen LogP contribution in [0.5, 0.6) is 5.75 Å². The molecule has 5 rings (SSSR count). The smallest absolute Gasteiger partial charge is 0.416 e. The summed E-state index contributed by atoms with van der Waals surface area (Å²) in [4.78, 5) is 31.7. The predicted molar refractivity (Wildman–Crippen MR) is 145 cm³/mol. The number of halogens is 3. The minimum absolute atomic E-state index is 0.152. The van der Waals surface area contributed by atoms with Crippen molar-refractivity contribution >= 4 is 33.3 Å². The molecule has 2 aliphatic heterocycles. The largest absolute Gasteiger partial charge is 0.497 e. The van der Waals surface area contributed by atoms with Crippen LogP contribution in [0.4, 0.5) is 29.3 Å². The molecule has 216 valence electrons. The van der Waals surface area contributed by atoms with Crippen LogP contribution in [0.25, 0.3) is 0 Å². The Kier molecular flexibility index (Phi) is 7.56. The summed E-state index contributed by atoms with van der Waals surface area (Å²) < 4.78 is 72.5. The number of para-hydroxylation sites is 1. The Morgan fingerprint density at radius 2 is 1.54 bits per heavy atom. The van der Waals surface area contributed by atoms with Crippen LogP contribution in [0.15, 0.2) is 83.8 Å². The summed E-state index contributed by atoms with van der Waals surface area (Å²) in [6, 6.07) is 17.1. The maximum atomic E-state index is 13.8. The van der Waals surface area contributed by atoms with Crippen LogP contribution < -0.4 is 14.5 Å². The molecule has 2 heterocycles. The van der Waals surface area contributed by atoms with Gasteiger partial charge in [-0.15, -0.1) is 0 Å². The fourth-order valence-corrected chi connectivity index (χ4v) is 6.40. The molecule has 3 aromatic rings. The number of amides is 3. The molecule has 13 heteroatoms. The lowest BCUT2D eigenvalue weighted by atomic mass is 10.1. The highest BCUT2D eigenvalue weighted by atomic mass is 32.2. The van der Waals surface area contributed by atoms with E-state index in [9.17, 15) is 31.2 Å². The molecular formula is C28H27F3N4O5S. The normalized spacial score (nSPS) is 18.1. The van der Waals surface area contributed by atoms with Gasteiger partial charge in [0.2, 0.25) is 5.91 Å². The number of rotatable bonds is 6. The van der Waals surface area contributed by atoms with Gasteiger partial charge in [-0.3, -0.25) is 9.69 Å². The fraction of sp³-hybridized carbons (Fsp3) is 0.286. The molecule has 2 fully saturated rings. The van der Waals surface area contributed by atoms with Crippen molar-refractivity contribution in [3.63, 3.8) is 0 Å². The van der Waals surface area contributed by atoms with E-state index in [1.54, 1.807) is 47.4 Å². The number of carbonyl (C=O) groups excluding carboxylic acids is 2. The Balaban J connectivity index is 1.38. The Labute approximate surface area is 235 Å². The van der Waals surface area contributed by atoms with Gasteiger partial charge in [-0.1, -0.05) is 30.3 Å². The molecule has 0 radical (unpaired) electrons. The van der Waals surface area contributed by atoms with Gasteiger partial charge in [0.15, 0.2) is 0 Å². The molecule has 0 saturated carbocycles. The highest BCUT2D eigenvalue weighted by molar-refractivity contribution is 7.89. The van der Waals surface area contributed by atoms with Gasteiger partial charge in [-0.25, -0.2) is 17.5 Å². The van der Waals surface area contributed by atoms with Crippen molar-refractivity contribution in [2.75, 3.05) is 49.6 Å². The minimum atomic E-state index is -4.47. The maximum absolute atomic E-state index is 13.8. The molecular weight excluding hydrogens is 561 g/mol. The summed E-state index contributed by atoms with van der Waals surface area (Å²) in [5.74, 6) is -0.154. The number of benzene rings is 3. The zero-order valence-corrected chi connectivity index (χ0v) is 22.8. The van der Waals surface area contributed by atoms with Crippen molar-refractivity contribution in [2.24, 2.45) is 0 Å². The monoisotopic (exact) mass is 588 g/mol. The van der Waals surface area contributed by atoms with Crippen molar-refractivity contribution in [1.82, 2.24) is 9.21 Å². The van der Waals surface area contributed by atoms with Gasteiger partial charge in [0.05, 0.1) is 24.1 Å². The first-order valence-corrected chi connectivity index (χ1v) is 14.2. The summed E-state index contributed by atoms with van der Waals surface area (Å²) >= 11 is 0. The van der Waals surface area contributed by atoms with Gasteiger partial charge < -0.3 is 14.5 Å². The average molecular weight is 589 g/mol. The van der Waals surface area contributed by atoms with Gasteiger partial charge in [0.1, 0.15) is 11.8 Å². The second-order valence-corrected chi connectivity index (χ2v) is 11.4. The molecule has 3 amide bonds. The molecule has 0 N–H and O–H groups in total. The number of urea groups is 1. The minimum Gasteiger partial charge on any atom is -0.497 e. The molecule has 41 heavy (non-hydrogen) atoms. The number of piperazine rings is 1. The first kappa shape index (κ1) is 28.3. The van der Waals surface area contributed by atoms with E-state index >= 15 is 0 Å². The molecule has 3 aromatic carbocycles. The third-order valence-corrected chi connectivity index (χ3v) is 8.88. The molecule has 1 atom stereocenters. The Morgan fingerprint density at radius 3 is 2.20 bits per heavy atom. The lowest BCUT2D eigenvalue weighted by molar-refractivity contribution is -0.137. The van der Waals surface area contributed by atoms with E-state index in [-0.39, 0.29) is 31.1 Å². The van der Waals surface area contributed by atoms with Crippen LogP contribution in [-0.2, 0) is 21.0 Å². The van der Waals surface area contributed by atoms with E-state index in [0.29, 0.717) is 21.4 Å². The molecule has 0 bridgehead atoms. The zero-order valence-electron chi connectivity index (χ0n) is 22.0. The maximum Gasteiger partial charge on any atom is 0.416 e. The van der Waals surface area contributed by atoms with E-state index in [1.165, 1.54) is 41.2 Å². The first-order chi connectivity index (χ1) is 19.5. The summed E-state index contributed by atoms with van der Waals surface area (Å²) in [6.45, 7) is 0.506. The Morgan fingerprint density at radius 1 is 0.878 bits per heavy atom. The van der Waals surface area contributed by atoms with Crippen LogP contribution in [0.1, 0.15) is 5.56 Å². The van der Waals surface area contributed by atoms with E-state index in [4.69, 9.17) is 4.74 Å². The SMILES string of the molecule is COc1cccc(S(=O)(=O)N2C[C@@H](C(=O)N3CCN(c4cccc(C(F)(F)F)c4)CC3)N(c3ccccc3)C2=O)c1. The van der Waals surface area contributed by atoms with Crippen LogP contribution in [0, 0.1) is 0 Å². The van der Waals surface area contributed by atoms with Gasteiger partial charge in [0, 0.05) is 43.6 Å². The second-order valence-electron chi connectivity index (χ2n) is 9.58. The number of methoxy groups -OCH3 is 1. The van der Waals surface area contributed by atoms with Crippen molar-refractivity contribution in [1.29, 1.82) is 0 Å². The van der Waals surface area contributed by atoms with Crippen molar-refractivity contribution in [3.05, 3.63) is 84.4 Å². The van der Waals surface area contributed by atoms with E-state index in [1.807, 2.05) is 0 Å². The number of nitrogens with zero attached hydrogens (tertiary/aromatic N) is 4. The topological polar surface area (TPSA) is 90.5 Å². The van der Waals surface area contributed by atoms with E-state index < -0.39 is 46.3 Å². The number of anilines is 2. The van der Waals surface area contributed by atoms with Gasteiger partial charge in [-0.05, 0) is 42.5 Å². The molecule has 0 aliphatic carbocycles. The summed E-state index contributed by atoms with van der Waals surface area (Å²) in [6.07, 6.45) is -4.47. The van der Waals surface area contributed by atoms with Crippen LogP contribution in [0.3, 0.4) is 0 Å². The Hall–Kier alpha value is -4.26. The summed E-state index contributed by atoms with van der Waals surface area (Å²) in [5.41, 5.74) is 0.0000421. The number of sulfonamides is 1. The second kappa shape index (κ2) is 11.0. The van der Waals surface area contributed by atoms with E-state index in [0.717, 1.165) is 12.1 Å². The quantitative estimate of drug-likeness (QED) is 0.432. The van der Waals surface area contributed by atoms with E-state index in [2.05, 4.69) is 0 Å². The van der Waals surface area contributed by atoms with Crippen molar-refractivity contribution in [2.45, 2.75) is 17.1 Å². The summed E-state index contributed by atoms with van der Waals surface area (Å²) in [7, 11) is -2.93. The van der Waals surface area contributed by atoms with Crippen molar-refractivity contribution in [3.8, 4) is 5.75 Å².